The smallest absolute Gasteiger partial charge is 0.222 e. The normalized spacial score (nSPS) is 20.9. The van der Waals surface area contributed by atoms with E-state index >= 15 is 0 Å². The predicted octanol–water partition coefficient (Wildman–Crippen LogP) is 3.11. The molecule has 1 amide bonds. The maximum Gasteiger partial charge on any atom is 0.222 e. The topological polar surface area (TPSA) is 41.4 Å². The van der Waals surface area contributed by atoms with E-state index in [1.165, 1.54) is 11.3 Å². The molecule has 0 bridgehead atoms. The molecule has 1 aromatic heterocycles. The molecule has 1 atom stereocenters. The largest absolute Gasteiger partial charge is 0.343 e. The zero-order valence-corrected chi connectivity index (χ0v) is 15.0. The van der Waals surface area contributed by atoms with Crippen LogP contribution in [0.5, 0.6) is 0 Å². The monoisotopic (exact) mass is 358 g/mol. The van der Waals surface area contributed by atoms with E-state index in [0.717, 1.165) is 50.6 Å². The molecule has 132 valence electrons. The van der Waals surface area contributed by atoms with Gasteiger partial charge in [-0.3, -0.25) is 14.4 Å². The average molecular weight is 359 g/mol. The Morgan fingerprint density at radius 2 is 2.04 bits per heavy atom. The van der Waals surface area contributed by atoms with Crippen LogP contribution in [0.2, 0.25) is 5.02 Å². The quantitative estimate of drug-likeness (QED) is 0.824. The van der Waals surface area contributed by atoms with E-state index in [2.05, 4.69) is 32.9 Å². The van der Waals surface area contributed by atoms with Crippen molar-refractivity contribution in [2.45, 2.75) is 38.4 Å². The van der Waals surface area contributed by atoms with Crippen LogP contribution in [0.1, 0.15) is 36.6 Å². The molecule has 6 heteroatoms. The molecule has 0 unspecified atom stereocenters. The Kier molecular flexibility index (Phi) is 4.77. The standard InChI is InChI=1S/C19H23ClN4O/c20-16-5-3-15(4-6-16)12-22-13-17-7-9-21-24(17)18(14-22)8-11-23-10-1-2-19(23)25/h3-7,9,18H,1-2,8,10-14H2/t18-/m1/s1. The number of hydrogen-bond acceptors (Lipinski definition) is 3. The van der Waals surface area contributed by atoms with Gasteiger partial charge in [-0.2, -0.15) is 5.10 Å². The third kappa shape index (κ3) is 3.72. The summed E-state index contributed by atoms with van der Waals surface area (Å²) in [6.07, 6.45) is 4.55. The third-order valence-electron chi connectivity index (χ3n) is 5.18. The highest BCUT2D eigenvalue weighted by molar-refractivity contribution is 6.30. The molecular weight excluding hydrogens is 336 g/mol. The first-order chi connectivity index (χ1) is 12.2. The van der Waals surface area contributed by atoms with E-state index in [-0.39, 0.29) is 0 Å². The average Bonchev–Trinajstić information content (AvgIpc) is 3.23. The van der Waals surface area contributed by atoms with Gasteiger partial charge in [-0.1, -0.05) is 23.7 Å². The Morgan fingerprint density at radius 1 is 1.20 bits per heavy atom. The molecule has 5 nitrogen and oxygen atoms in total. The van der Waals surface area contributed by atoms with Crippen LogP contribution < -0.4 is 0 Å². The van der Waals surface area contributed by atoms with Gasteiger partial charge in [0.1, 0.15) is 0 Å². The molecule has 0 radical (unpaired) electrons. The molecule has 3 heterocycles. The van der Waals surface area contributed by atoms with Crippen LogP contribution in [0.3, 0.4) is 0 Å². The van der Waals surface area contributed by atoms with Crippen molar-refractivity contribution in [3.8, 4) is 0 Å². The zero-order chi connectivity index (χ0) is 17.2. The summed E-state index contributed by atoms with van der Waals surface area (Å²) in [4.78, 5) is 16.3. The molecule has 1 fully saturated rings. The molecule has 4 rings (SSSR count). The molecule has 25 heavy (non-hydrogen) atoms. The molecule has 2 aromatic rings. The highest BCUT2D eigenvalue weighted by atomic mass is 35.5. The van der Waals surface area contributed by atoms with Crippen LogP contribution in [0.4, 0.5) is 0 Å². The number of aromatic nitrogens is 2. The number of likely N-dealkylation sites (tertiary alicyclic amines) is 1. The molecular formula is C19H23ClN4O. The summed E-state index contributed by atoms with van der Waals surface area (Å²) in [5.41, 5.74) is 2.52. The lowest BCUT2D eigenvalue weighted by Crippen LogP contribution is -2.39. The van der Waals surface area contributed by atoms with Gasteiger partial charge in [-0.15, -0.1) is 0 Å². The molecule has 0 saturated carbocycles. The SMILES string of the molecule is O=C1CCCN1CC[C@@H]1CN(Cc2ccc(Cl)cc2)Cc2ccnn21. The van der Waals surface area contributed by atoms with Gasteiger partial charge >= 0.3 is 0 Å². The summed E-state index contributed by atoms with van der Waals surface area (Å²) in [6, 6.07) is 10.5. The molecule has 0 N–H and O–H groups in total. The van der Waals surface area contributed by atoms with Crippen molar-refractivity contribution in [1.82, 2.24) is 19.6 Å². The lowest BCUT2D eigenvalue weighted by molar-refractivity contribution is -0.127. The molecule has 1 aromatic carbocycles. The second-order valence-corrected chi connectivity index (χ2v) is 7.43. The Labute approximate surface area is 153 Å². The summed E-state index contributed by atoms with van der Waals surface area (Å²) in [5, 5.41) is 5.30. The van der Waals surface area contributed by atoms with Crippen molar-refractivity contribution in [2.24, 2.45) is 0 Å². The number of nitrogens with zero attached hydrogens (tertiary/aromatic N) is 4. The fourth-order valence-corrected chi connectivity index (χ4v) is 4.02. The number of carbonyl (C=O) groups is 1. The Balaban J connectivity index is 1.43. The van der Waals surface area contributed by atoms with E-state index in [4.69, 9.17) is 11.6 Å². The Bertz CT molecular complexity index is 742. The number of amides is 1. The molecule has 1 saturated heterocycles. The summed E-state index contributed by atoms with van der Waals surface area (Å²) < 4.78 is 2.15. The van der Waals surface area contributed by atoms with Gasteiger partial charge in [0.25, 0.3) is 0 Å². The number of benzene rings is 1. The van der Waals surface area contributed by atoms with Gasteiger partial charge in [-0.05, 0) is 36.6 Å². The van der Waals surface area contributed by atoms with Crippen LogP contribution in [-0.2, 0) is 17.9 Å². The van der Waals surface area contributed by atoms with Crippen LogP contribution in [-0.4, -0.2) is 45.1 Å². The molecule has 2 aliphatic heterocycles. The molecule has 2 aliphatic rings. The highest BCUT2D eigenvalue weighted by Crippen LogP contribution is 2.25. The van der Waals surface area contributed by atoms with Crippen LogP contribution in [0, 0.1) is 0 Å². The first-order valence-corrected chi connectivity index (χ1v) is 9.34. The molecule has 0 spiro atoms. The Morgan fingerprint density at radius 3 is 2.80 bits per heavy atom. The number of carbonyl (C=O) groups excluding carboxylic acids is 1. The number of fused-ring (bicyclic) bond motifs is 1. The van der Waals surface area contributed by atoms with Crippen molar-refractivity contribution < 1.29 is 4.79 Å². The van der Waals surface area contributed by atoms with Crippen molar-refractivity contribution >= 4 is 17.5 Å². The van der Waals surface area contributed by atoms with Gasteiger partial charge in [0.2, 0.25) is 5.91 Å². The minimum Gasteiger partial charge on any atom is -0.343 e. The number of hydrogen-bond donors (Lipinski definition) is 0. The first-order valence-electron chi connectivity index (χ1n) is 8.96. The van der Waals surface area contributed by atoms with Crippen LogP contribution in [0.15, 0.2) is 36.5 Å². The van der Waals surface area contributed by atoms with E-state index in [1.807, 2.05) is 23.2 Å². The van der Waals surface area contributed by atoms with E-state index < -0.39 is 0 Å². The lowest BCUT2D eigenvalue weighted by atomic mass is 10.1. The van der Waals surface area contributed by atoms with Crippen molar-refractivity contribution in [2.75, 3.05) is 19.6 Å². The lowest BCUT2D eigenvalue weighted by Gasteiger charge is -2.34. The second kappa shape index (κ2) is 7.18. The van der Waals surface area contributed by atoms with E-state index in [0.29, 0.717) is 18.4 Å². The maximum atomic E-state index is 11.9. The van der Waals surface area contributed by atoms with Crippen molar-refractivity contribution in [3.63, 3.8) is 0 Å². The van der Waals surface area contributed by atoms with Crippen molar-refractivity contribution in [1.29, 1.82) is 0 Å². The van der Waals surface area contributed by atoms with Crippen LogP contribution >= 0.6 is 11.6 Å². The van der Waals surface area contributed by atoms with Gasteiger partial charge in [0.05, 0.1) is 11.7 Å². The Hall–Kier alpha value is -1.85. The number of halogens is 1. The maximum absolute atomic E-state index is 11.9. The zero-order valence-electron chi connectivity index (χ0n) is 14.3. The van der Waals surface area contributed by atoms with Gasteiger partial charge in [0, 0.05) is 50.4 Å². The number of rotatable bonds is 5. The summed E-state index contributed by atoms with van der Waals surface area (Å²) in [5.74, 6) is 0.300. The fourth-order valence-electron chi connectivity index (χ4n) is 3.89. The van der Waals surface area contributed by atoms with Gasteiger partial charge in [-0.25, -0.2) is 0 Å². The third-order valence-corrected chi connectivity index (χ3v) is 5.43. The fraction of sp³-hybridized carbons (Fsp3) is 0.474. The van der Waals surface area contributed by atoms with E-state index in [1.54, 1.807) is 0 Å². The van der Waals surface area contributed by atoms with Gasteiger partial charge in [0.15, 0.2) is 0 Å². The minimum absolute atomic E-state index is 0.300. The first kappa shape index (κ1) is 16.6. The van der Waals surface area contributed by atoms with Crippen molar-refractivity contribution in [3.05, 3.63) is 52.8 Å². The second-order valence-electron chi connectivity index (χ2n) is 6.99. The highest BCUT2D eigenvalue weighted by Gasteiger charge is 2.27. The van der Waals surface area contributed by atoms with Gasteiger partial charge < -0.3 is 4.90 Å². The minimum atomic E-state index is 0.300. The predicted molar refractivity (Wildman–Crippen MR) is 97.3 cm³/mol. The van der Waals surface area contributed by atoms with Crippen LogP contribution in [0.25, 0.3) is 0 Å². The molecule has 0 aliphatic carbocycles. The van der Waals surface area contributed by atoms with E-state index in [9.17, 15) is 4.79 Å². The summed E-state index contributed by atoms with van der Waals surface area (Å²) in [7, 11) is 0. The summed E-state index contributed by atoms with van der Waals surface area (Å²) in [6.45, 7) is 4.51. The summed E-state index contributed by atoms with van der Waals surface area (Å²) >= 11 is 5.99.